The van der Waals surface area contributed by atoms with Crippen molar-refractivity contribution in [2.45, 2.75) is 25.9 Å². The van der Waals surface area contributed by atoms with Gasteiger partial charge in [-0.2, -0.15) is 0 Å². The topological polar surface area (TPSA) is 29.9 Å². The largest absolute Gasteiger partial charge is 0.334 e. The molecule has 0 saturated heterocycles. The van der Waals surface area contributed by atoms with E-state index < -0.39 is 0 Å². The Balaban J connectivity index is 2.00. The van der Waals surface area contributed by atoms with E-state index in [1.54, 1.807) is 0 Å². The van der Waals surface area contributed by atoms with Crippen molar-refractivity contribution in [2.75, 3.05) is 6.54 Å². The van der Waals surface area contributed by atoms with Crippen LogP contribution in [0.5, 0.6) is 0 Å². The summed E-state index contributed by atoms with van der Waals surface area (Å²) in [6.07, 6.45) is 2.99. The molecule has 1 aromatic heterocycles. The van der Waals surface area contributed by atoms with Gasteiger partial charge in [0.2, 0.25) is 0 Å². The van der Waals surface area contributed by atoms with Gasteiger partial charge in [-0.15, -0.1) is 0 Å². The van der Waals surface area contributed by atoms with E-state index in [2.05, 4.69) is 33.9 Å². The van der Waals surface area contributed by atoms with Crippen molar-refractivity contribution in [3.63, 3.8) is 0 Å². The van der Waals surface area contributed by atoms with E-state index in [1.807, 2.05) is 18.5 Å². The molecule has 1 unspecified atom stereocenters. The van der Waals surface area contributed by atoms with E-state index in [-0.39, 0.29) is 6.04 Å². The molecule has 4 heteroatoms. The number of aromatic nitrogens is 2. The van der Waals surface area contributed by atoms with Gasteiger partial charge in [-0.3, -0.25) is 0 Å². The van der Waals surface area contributed by atoms with Crippen molar-refractivity contribution in [1.82, 2.24) is 14.9 Å². The van der Waals surface area contributed by atoms with Gasteiger partial charge in [0, 0.05) is 30.2 Å². The Labute approximate surface area is 112 Å². The summed E-state index contributed by atoms with van der Waals surface area (Å²) in [5.41, 5.74) is 3.74. The van der Waals surface area contributed by atoms with E-state index in [0.717, 1.165) is 30.2 Å². The fourth-order valence-electron chi connectivity index (χ4n) is 2.57. The van der Waals surface area contributed by atoms with Gasteiger partial charge in [-0.05, 0) is 24.6 Å². The van der Waals surface area contributed by atoms with Crippen LogP contribution in [0.1, 0.15) is 29.9 Å². The van der Waals surface area contributed by atoms with Crippen LogP contribution in [0.25, 0.3) is 0 Å². The lowest BCUT2D eigenvalue weighted by molar-refractivity contribution is 0.538. The highest BCUT2D eigenvalue weighted by atomic mass is 35.5. The number of nitrogens with one attached hydrogen (secondary N) is 1. The third-order valence-corrected chi connectivity index (χ3v) is 3.76. The lowest BCUT2D eigenvalue weighted by atomic mass is 9.98. The van der Waals surface area contributed by atoms with Gasteiger partial charge < -0.3 is 9.88 Å². The van der Waals surface area contributed by atoms with Crippen molar-refractivity contribution in [3.8, 4) is 0 Å². The molecule has 2 heterocycles. The maximum absolute atomic E-state index is 5.94. The summed E-state index contributed by atoms with van der Waals surface area (Å²) in [7, 11) is 0. The standard InChI is InChI=1S/C14H16ClN3/c1-2-18-9-17-14-12(18)7-8-16-13(14)10-3-5-11(15)6-4-10/h3-6,9,13,16H,2,7-8H2,1H3. The second-order valence-electron chi connectivity index (χ2n) is 4.55. The number of fused-ring (bicyclic) bond motifs is 1. The molecule has 1 atom stereocenters. The van der Waals surface area contributed by atoms with Gasteiger partial charge in [0.25, 0.3) is 0 Å². The highest BCUT2D eigenvalue weighted by Crippen LogP contribution is 2.28. The van der Waals surface area contributed by atoms with Gasteiger partial charge in [0.15, 0.2) is 0 Å². The van der Waals surface area contributed by atoms with Gasteiger partial charge in [0.1, 0.15) is 0 Å². The molecular weight excluding hydrogens is 246 g/mol. The molecule has 3 rings (SSSR count). The number of halogens is 1. The first-order chi connectivity index (χ1) is 8.79. The Bertz CT molecular complexity index is 545. The molecule has 94 valence electrons. The van der Waals surface area contributed by atoms with Gasteiger partial charge in [-0.25, -0.2) is 4.98 Å². The van der Waals surface area contributed by atoms with E-state index in [1.165, 1.54) is 11.3 Å². The van der Waals surface area contributed by atoms with Crippen molar-refractivity contribution in [1.29, 1.82) is 0 Å². The number of imidazole rings is 1. The van der Waals surface area contributed by atoms with Crippen molar-refractivity contribution in [2.24, 2.45) is 0 Å². The van der Waals surface area contributed by atoms with E-state index in [0.29, 0.717) is 0 Å². The summed E-state index contributed by atoms with van der Waals surface area (Å²) < 4.78 is 2.24. The predicted octanol–water partition coefficient (Wildman–Crippen LogP) is 2.79. The highest BCUT2D eigenvalue weighted by Gasteiger charge is 2.25. The zero-order chi connectivity index (χ0) is 12.5. The molecule has 0 amide bonds. The Morgan fingerprint density at radius 2 is 2.17 bits per heavy atom. The molecule has 0 spiro atoms. The van der Waals surface area contributed by atoms with Gasteiger partial charge in [0.05, 0.1) is 18.1 Å². The second-order valence-corrected chi connectivity index (χ2v) is 4.99. The summed E-state index contributed by atoms with van der Waals surface area (Å²) in [4.78, 5) is 4.58. The summed E-state index contributed by atoms with van der Waals surface area (Å²) in [6.45, 7) is 4.13. The first kappa shape index (κ1) is 11.8. The van der Waals surface area contributed by atoms with E-state index in [9.17, 15) is 0 Å². The number of hydrogen-bond acceptors (Lipinski definition) is 2. The SMILES string of the molecule is CCn1cnc2c1CCNC2c1ccc(Cl)cc1. The first-order valence-electron chi connectivity index (χ1n) is 6.32. The molecule has 1 N–H and O–H groups in total. The highest BCUT2D eigenvalue weighted by molar-refractivity contribution is 6.30. The molecule has 1 aromatic carbocycles. The molecule has 0 aliphatic carbocycles. The zero-order valence-electron chi connectivity index (χ0n) is 10.4. The van der Waals surface area contributed by atoms with Crippen LogP contribution in [0.4, 0.5) is 0 Å². The van der Waals surface area contributed by atoms with Crippen LogP contribution >= 0.6 is 11.6 Å². The Kier molecular flexibility index (Phi) is 3.10. The monoisotopic (exact) mass is 261 g/mol. The molecule has 1 aliphatic heterocycles. The minimum Gasteiger partial charge on any atom is -0.334 e. The normalized spacial score (nSPS) is 18.7. The molecule has 1 aliphatic rings. The molecule has 18 heavy (non-hydrogen) atoms. The maximum atomic E-state index is 5.94. The third-order valence-electron chi connectivity index (χ3n) is 3.51. The molecule has 0 radical (unpaired) electrons. The predicted molar refractivity (Wildman–Crippen MR) is 72.9 cm³/mol. The van der Waals surface area contributed by atoms with Crippen LogP contribution in [0.3, 0.4) is 0 Å². The molecule has 0 saturated carbocycles. The molecule has 0 bridgehead atoms. The number of rotatable bonds is 2. The number of nitrogens with zero attached hydrogens (tertiary/aromatic N) is 2. The summed E-state index contributed by atoms with van der Waals surface area (Å²) in [6, 6.07) is 8.20. The Hall–Kier alpha value is -1.32. The summed E-state index contributed by atoms with van der Waals surface area (Å²) in [5.74, 6) is 0. The van der Waals surface area contributed by atoms with Crippen LogP contribution in [-0.4, -0.2) is 16.1 Å². The molecular formula is C14H16ClN3. The Morgan fingerprint density at radius 3 is 2.89 bits per heavy atom. The van der Waals surface area contributed by atoms with E-state index >= 15 is 0 Å². The van der Waals surface area contributed by atoms with Crippen molar-refractivity contribution >= 4 is 11.6 Å². The van der Waals surface area contributed by atoms with Crippen LogP contribution in [0, 0.1) is 0 Å². The lowest BCUT2D eigenvalue weighted by Gasteiger charge is -2.24. The number of hydrogen-bond donors (Lipinski definition) is 1. The van der Waals surface area contributed by atoms with Crippen LogP contribution in [-0.2, 0) is 13.0 Å². The van der Waals surface area contributed by atoms with Gasteiger partial charge >= 0.3 is 0 Å². The van der Waals surface area contributed by atoms with Crippen LogP contribution < -0.4 is 5.32 Å². The fourth-order valence-corrected chi connectivity index (χ4v) is 2.70. The van der Waals surface area contributed by atoms with Crippen LogP contribution in [0.2, 0.25) is 5.02 Å². The minimum absolute atomic E-state index is 0.193. The summed E-state index contributed by atoms with van der Waals surface area (Å²) >= 11 is 5.94. The minimum atomic E-state index is 0.193. The molecule has 2 aromatic rings. The van der Waals surface area contributed by atoms with Crippen molar-refractivity contribution in [3.05, 3.63) is 52.6 Å². The average Bonchev–Trinajstić information content (AvgIpc) is 2.82. The Morgan fingerprint density at radius 1 is 1.39 bits per heavy atom. The molecule has 0 fully saturated rings. The van der Waals surface area contributed by atoms with Crippen LogP contribution in [0.15, 0.2) is 30.6 Å². The van der Waals surface area contributed by atoms with E-state index in [4.69, 9.17) is 11.6 Å². The number of benzene rings is 1. The lowest BCUT2D eigenvalue weighted by Crippen LogP contribution is -2.31. The smallest absolute Gasteiger partial charge is 0.0952 e. The number of aryl methyl sites for hydroxylation is 1. The second kappa shape index (κ2) is 4.75. The average molecular weight is 262 g/mol. The zero-order valence-corrected chi connectivity index (χ0v) is 11.1. The third kappa shape index (κ3) is 1.93. The summed E-state index contributed by atoms with van der Waals surface area (Å²) in [5, 5.41) is 4.30. The molecule has 3 nitrogen and oxygen atoms in total. The maximum Gasteiger partial charge on any atom is 0.0952 e. The quantitative estimate of drug-likeness (QED) is 0.901. The fraction of sp³-hybridized carbons (Fsp3) is 0.357. The van der Waals surface area contributed by atoms with Gasteiger partial charge in [-0.1, -0.05) is 23.7 Å². The van der Waals surface area contributed by atoms with Crippen molar-refractivity contribution < 1.29 is 0 Å². The first-order valence-corrected chi connectivity index (χ1v) is 6.70.